The summed E-state index contributed by atoms with van der Waals surface area (Å²) < 4.78 is 11.2. The van der Waals surface area contributed by atoms with Crippen LogP contribution in [0, 0.1) is 0 Å². The Morgan fingerprint density at radius 3 is 2.90 bits per heavy atom. The zero-order valence-electron chi connectivity index (χ0n) is 11.1. The molecule has 2 aromatic heterocycles. The molecule has 3 aromatic rings. The van der Waals surface area contributed by atoms with Crippen LogP contribution in [0.2, 0.25) is 0 Å². The number of fused-ring (bicyclic) bond motifs is 1. The Morgan fingerprint density at radius 1 is 1.10 bits per heavy atom. The summed E-state index contributed by atoms with van der Waals surface area (Å²) in [5.41, 5.74) is 1.65. The highest BCUT2D eigenvalue weighted by Crippen LogP contribution is 2.33. The van der Waals surface area contributed by atoms with Crippen LogP contribution < -0.4 is 10.1 Å². The van der Waals surface area contributed by atoms with Crippen molar-refractivity contribution in [2.75, 3.05) is 11.9 Å². The summed E-state index contributed by atoms with van der Waals surface area (Å²) >= 11 is 0. The van der Waals surface area contributed by atoms with E-state index in [4.69, 9.17) is 9.26 Å². The van der Waals surface area contributed by atoms with E-state index in [1.807, 2.05) is 42.5 Å². The number of benzene rings is 1. The molecule has 1 unspecified atom stereocenters. The first-order chi connectivity index (χ1) is 10.4. The van der Waals surface area contributed by atoms with Gasteiger partial charge in [0.25, 0.3) is 5.89 Å². The first-order valence-electron chi connectivity index (χ1n) is 6.65. The average Bonchev–Trinajstić information content (AvgIpc) is 3.05. The predicted molar refractivity (Wildman–Crippen MR) is 75.8 cm³/mol. The summed E-state index contributed by atoms with van der Waals surface area (Å²) in [6.45, 7) is 0.584. The summed E-state index contributed by atoms with van der Waals surface area (Å²) in [6, 6.07) is 13.3. The number of aromatic nitrogens is 3. The van der Waals surface area contributed by atoms with E-state index in [-0.39, 0.29) is 6.10 Å². The molecule has 1 N–H and O–H groups in total. The van der Waals surface area contributed by atoms with E-state index in [2.05, 4.69) is 20.4 Å². The summed E-state index contributed by atoms with van der Waals surface area (Å²) in [6.07, 6.45) is 1.39. The molecule has 6 heteroatoms. The minimum Gasteiger partial charge on any atom is -0.477 e. The Kier molecular flexibility index (Phi) is 2.77. The standard InChI is InChI=1S/C15H12N4O2/c1-2-7-12-10(5-1)17-9-13(20-12)15-18-14(19-21-15)11-6-3-4-8-16-11/h1-8,13,17H,9H2. The average molecular weight is 280 g/mol. The van der Waals surface area contributed by atoms with E-state index < -0.39 is 0 Å². The van der Waals surface area contributed by atoms with Crippen LogP contribution in [0.1, 0.15) is 12.0 Å². The number of hydrogen-bond donors (Lipinski definition) is 1. The highest BCUT2D eigenvalue weighted by molar-refractivity contribution is 5.58. The summed E-state index contributed by atoms with van der Waals surface area (Å²) in [7, 11) is 0. The molecule has 1 aromatic carbocycles. The van der Waals surface area contributed by atoms with Crippen molar-refractivity contribution in [2.24, 2.45) is 0 Å². The van der Waals surface area contributed by atoms with Gasteiger partial charge >= 0.3 is 0 Å². The first-order valence-corrected chi connectivity index (χ1v) is 6.65. The van der Waals surface area contributed by atoms with Crippen molar-refractivity contribution < 1.29 is 9.26 Å². The lowest BCUT2D eigenvalue weighted by Crippen LogP contribution is -2.23. The van der Waals surface area contributed by atoms with E-state index in [1.165, 1.54) is 0 Å². The SMILES string of the molecule is c1ccc(-c2noc(C3CNc4ccccc4O3)n2)nc1. The fourth-order valence-electron chi connectivity index (χ4n) is 2.22. The molecule has 1 aliphatic heterocycles. The van der Waals surface area contributed by atoms with Crippen LogP contribution in [0.4, 0.5) is 5.69 Å². The zero-order chi connectivity index (χ0) is 14.1. The van der Waals surface area contributed by atoms with E-state index >= 15 is 0 Å². The molecule has 1 aliphatic rings. The normalized spacial score (nSPS) is 16.7. The molecule has 0 aliphatic carbocycles. The Hall–Kier alpha value is -2.89. The van der Waals surface area contributed by atoms with Crippen LogP contribution >= 0.6 is 0 Å². The van der Waals surface area contributed by atoms with Gasteiger partial charge in [-0.3, -0.25) is 4.98 Å². The van der Waals surface area contributed by atoms with Gasteiger partial charge in [-0.05, 0) is 24.3 Å². The quantitative estimate of drug-likeness (QED) is 0.778. The van der Waals surface area contributed by atoms with Gasteiger partial charge in [-0.2, -0.15) is 4.98 Å². The lowest BCUT2D eigenvalue weighted by atomic mass is 10.2. The third-order valence-electron chi connectivity index (χ3n) is 3.25. The van der Waals surface area contributed by atoms with Gasteiger partial charge in [0.2, 0.25) is 5.82 Å². The molecular formula is C15H12N4O2. The lowest BCUT2D eigenvalue weighted by molar-refractivity contribution is 0.163. The second-order valence-electron chi connectivity index (χ2n) is 4.65. The van der Waals surface area contributed by atoms with Crippen molar-refractivity contribution in [3.05, 3.63) is 54.6 Å². The third-order valence-corrected chi connectivity index (χ3v) is 3.25. The van der Waals surface area contributed by atoms with Gasteiger partial charge in [0, 0.05) is 6.20 Å². The summed E-state index contributed by atoms with van der Waals surface area (Å²) in [5, 5.41) is 7.25. The van der Waals surface area contributed by atoms with Gasteiger partial charge in [-0.15, -0.1) is 0 Å². The van der Waals surface area contributed by atoms with Crippen LogP contribution in [0.3, 0.4) is 0 Å². The predicted octanol–water partition coefficient (Wildman–Crippen LogP) is 2.68. The van der Waals surface area contributed by atoms with Gasteiger partial charge in [0.1, 0.15) is 11.4 Å². The van der Waals surface area contributed by atoms with Gasteiger partial charge in [0.15, 0.2) is 6.10 Å². The molecule has 0 spiro atoms. The Labute approximate surface area is 120 Å². The molecule has 0 radical (unpaired) electrons. The number of rotatable bonds is 2. The van der Waals surface area contributed by atoms with Crippen LogP contribution in [-0.4, -0.2) is 21.7 Å². The Morgan fingerprint density at radius 2 is 2.00 bits per heavy atom. The van der Waals surface area contributed by atoms with Crippen molar-refractivity contribution in [3.8, 4) is 17.3 Å². The highest BCUT2D eigenvalue weighted by atomic mass is 16.5. The molecule has 0 bridgehead atoms. The van der Waals surface area contributed by atoms with Gasteiger partial charge in [0.05, 0.1) is 12.2 Å². The number of nitrogens with zero attached hydrogens (tertiary/aromatic N) is 3. The van der Waals surface area contributed by atoms with Crippen molar-refractivity contribution >= 4 is 5.69 Å². The number of anilines is 1. The number of para-hydroxylation sites is 2. The van der Waals surface area contributed by atoms with Crippen LogP contribution in [-0.2, 0) is 0 Å². The molecule has 4 rings (SSSR count). The van der Waals surface area contributed by atoms with Gasteiger partial charge in [-0.25, -0.2) is 0 Å². The maximum absolute atomic E-state index is 5.89. The minimum atomic E-state index is -0.301. The second-order valence-corrected chi connectivity index (χ2v) is 4.65. The minimum absolute atomic E-state index is 0.301. The maximum atomic E-state index is 5.89. The monoisotopic (exact) mass is 280 g/mol. The molecule has 1 atom stereocenters. The molecule has 0 amide bonds. The van der Waals surface area contributed by atoms with E-state index in [1.54, 1.807) is 6.20 Å². The highest BCUT2D eigenvalue weighted by Gasteiger charge is 2.26. The van der Waals surface area contributed by atoms with E-state index in [0.29, 0.717) is 24.0 Å². The number of ether oxygens (including phenoxy) is 1. The maximum Gasteiger partial charge on any atom is 0.269 e. The second kappa shape index (κ2) is 4.90. The van der Waals surface area contributed by atoms with Crippen LogP contribution in [0.5, 0.6) is 5.75 Å². The Balaban J connectivity index is 1.60. The molecule has 0 saturated heterocycles. The third kappa shape index (κ3) is 2.20. The zero-order valence-corrected chi connectivity index (χ0v) is 11.1. The molecule has 3 heterocycles. The fraction of sp³-hybridized carbons (Fsp3) is 0.133. The van der Waals surface area contributed by atoms with Crippen LogP contribution in [0.25, 0.3) is 11.5 Å². The van der Waals surface area contributed by atoms with Gasteiger partial charge in [-0.1, -0.05) is 23.4 Å². The summed E-state index contributed by atoms with van der Waals surface area (Å²) in [4.78, 5) is 8.57. The van der Waals surface area contributed by atoms with Crippen molar-refractivity contribution in [2.45, 2.75) is 6.10 Å². The van der Waals surface area contributed by atoms with Crippen molar-refractivity contribution in [3.63, 3.8) is 0 Å². The lowest BCUT2D eigenvalue weighted by Gasteiger charge is -2.24. The van der Waals surface area contributed by atoms with Crippen LogP contribution in [0.15, 0.2) is 53.2 Å². The molecule has 6 nitrogen and oxygen atoms in total. The molecule has 0 saturated carbocycles. The smallest absolute Gasteiger partial charge is 0.269 e. The number of pyridine rings is 1. The molecular weight excluding hydrogens is 268 g/mol. The van der Waals surface area contributed by atoms with Crippen molar-refractivity contribution in [1.29, 1.82) is 0 Å². The van der Waals surface area contributed by atoms with E-state index in [0.717, 1.165) is 11.4 Å². The molecule has 21 heavy (non-hydrogen) atoms. The number of nitrogens with one attached hydrogen (secondary N) is 1. The largest absolute Gasteiger partial charge is 0.477 e. The summed E-state index contributed by atoms with van der Waals surface area (Å²) in [5.74, 6) is 1.69. The number of hydrogen-bond acceptors (Lipinski definition) is 6. The van der Waals surface area contributed by atoms with E-state index in [9.17, 15) is 0 Å². The van der Waals surface area contributed by atoms with Crippen molar-refractivity contribution in [1.82, 2.24) is 15.1 Å². The topological polar surface area (TPSA) is 73.1 Å². The first kappa shape index (κ1) is 11.9. The molecule has 104 valence electrons. The Bertz CT molecular complexity index is 757. The fourth-order valence-corrected chi connectivity index (χ4v) is 2.22. The molecule has 0 fully saturated rings. The van der Waals surface area contributed by atoms with Gasteiger partial charge < -0.3 is 14.6 Å².